The van der Waals surface area contributed by atoms with E-state index in [1.807, 2.05) is 6.92 Å². The molecule has 2 nitrogen and oxygen atoms in total. The van der Waals surface area contributed by atoms with Crippen molar-refractivity contribution >= 4 is 28.9 Å². The Morgan fingerprint density at radius 1 is 1.78 bits per heavy atom. The molecule has 0 aromatic heterocycles. The third-order valence-electron chi connectivity index (χ3n) is 1.08. The van der Waals surface area contributed by atoms with Crippen LogP contribution in [0.2, 0.25) is 0 Å². The Morgan fingerprint density at radius 3 is 2.78 bits per heavy atom. The Kier molecular flexibility index (Phi) is 2.52. The molecular formula is C4H8ClO2PS. The number of halogens is 1. The molecule has 1 aliphatic heterocycles. The Labute approximate surface area is 64.4 Å². The molecule has 1 saturated heterocycles. The van der Waals surface area contributed by atoms with Crippen LogP contribution in [0, 0.1) is 0 Å². The van der Waals surface area contributed by atoms with Gasteiger partial charge in [-0.2, -0.15) is 0 Å². The van der Waals surface area contributed by atoms with Crippen LogP contribution in [0.5, 0.6) is 0 Å². The third kappa shape index (κ3) is 2.52. The van der Waals surface area contributed by atoms with Crippen molar-refractivity contribution in [3.63, 3.8) is 0 Å². The molecule has 0 aromatic rings. The largest absolute Gasteiger partial charge is 0.318 e. The van der Waals surface area contributed by atoms with Gasteiger partial charge in [0.1, 0.15) is 0 Å². The molecule has 1 fully saturated rings. The second-order valence-electron chi connectivity index (χ2n) is 1.97. The summed E-state index contributed by atoms with van der Waals surface area (Å²) in [5.41, 5.74) is 0. The minimum atomic E-state index is -2.34. The summed E-state index contributed by atoms with van der Waals surface area (Å²) in [6, 6.07) is 0. The van der Waals surface area contributed by atoms with Gasteiger partial charge in [0.2, 0.25) is 0 Å². The molecule has 1 heterocycles. The van der Waals surface area contributed by atoms with Crippen molar-refractivity contribution in [2.24, 2.45) is 0 Å². The number of hydrogen-bond acceptors (Lipinski definition) is 3. The van der Waals surface area contributed by atoms with Gasteiger partial charge >= 0.3 is 0 Å². The van der Waals surface area contributed by atoms with Crippen molar-refractivity contribution in [2.75, 3.05) is 6.61 Å². The third-order valence-corrected chi connectivity index (χ3v) is 3.28. The average molecular weight is 187 g/mol. The summed E-state index contributed by atoms with van der Waals surface area (Å²) in [6.45, 7) is 2.59. The molecule has 9 heavy (non-hydrogen) atoms. The molecule has 0 aromatic carbocycles. The van der Waals surface area contributed by atoms with E-state index in [4.69, 9.17) is 32.1 Å². The lowest BCUT2D eigenvalue weighted by atomic mass is 10.3. The quantitative estimate of drug-likeness (QED) is 0.541. The maximum Gasteiger partial charge on any atom is 0.282 e. The lowest BCUT2D eigenvalue weighted by molar-refractivity contribution is 0.127. The van der Waals surface area contributed by atoms with Crippen LogP contribution >= 0.6 is 17.1 Å². The minimum absolute atomic E-state index is 0.169. The van der Waals surface area contributed by atoms with E-state index in [0.717, 1.165) is 6.42 Å². The first-order valence-corrected chi connectivity index (χ1v) is 6.27. The second kappa shape index (κ2) is 2.85. The van der Waals surface area contributed by atoms with Gasteiger partial charge in [-0.3, -0.25) is 0 Å². The van der Waals surface area contributed by atoms with Crippen LogP contribution in [0.1, 0.15) is 13.3 Å². The van der Waals surface area contributed by atoms with Crippen molar-refractivity contribution < 1.29 is 9.05 Å². The SMILES string of the molecule is C[C@H]1CCO[P@@](=S)(Cl)O1. The monoisotopic (exact) mass is 186 g/mol. The van der Waals surface area contributed by atoms with E-state index in [9.17, 15) is 0 Å². The summed E-state index contributed by atoms with van der Waals surface area (Å²) in [4.78, 5) is 0. The van der Waals surface area contributed by atoms with E-state index in [0.29, 0.717) is 6.61 Å². The maximum absolute atomic E-state index is 5.65. The first kappa shape index (κ1) is 7.96. The Hall–Kier alpha value is 0.860. The topological polar surface area (TPSA) is 18.5 Å². The predicted octanol–water partition coefficient (Wildman–Crippen LogP) is 2.28. The van der Waals surface area contributed by atoms with Crippen molar-refractivity contribution in [2.45, 2.75) is 19.4 Å². The fourth-order valence-electron chi connectivity index (χ4n) is 0.626. The summed E-state index contributed by atoms with van der Waals surface area (Å²) < 4.78 is 10.1. The van der Waals surface area contributed by atoms with Crippen LogP contribution in [0.25, 0.3) is 0 Å². The highest BCUT2D eigenvalue weighted by molar-refractivity contribution is 8.22. The highest BCUT2D eigenvalue weighted by Crippen LogP contribution is 2.57. The molecule has 0 N–H and O–H groups in total. The van der Waals surface area contributed by atoms with Crippen molar-refractivity contribution in [1.29, 1.82) is 0 Å². The van der Waals surface area contributed by atoms with Crippen LogP contribution in [0.4, 0.5) is 0 Å². The highest BCUT2D eigenvalue weighted by Gasteiger charge is 2.23. The summed E-state index contributed by atoms with van der Waals surface area (Å²) >= 11 is 10.5. The summed E-state index contributed by atoms with van der Waals surface area (Å²) in [7, 11) is 0. The van der Waals surface area contributed by atoms with E-state index in [-0.39, 0.29) is 6.10 Å². The molecule has 0 saturated carbocycles. The molecule has 0 bridgehead atoms. The molecule has 1 aliphatic rings. The second-order valence-corrected chi connectivity index (χ2v) is 6.68. The van der Waals surface area contributed by atoms with Gasteiger partial charge in [0.05, 0.1) is 12.7 Å². The summed E-state index contributed by atoms with van der Waals surface area (Å²) in [6.07, 6.45) is 1.06. The normalized spacial score (nSPS) is 44.9. The molecule has 54 valence electrons. The van der Waals surface area contributed by atoms with Crippen LogP contribution in [0.3, 0.4) is 0 Å². The molecule has 0 spiro atoms. The van der Waals surface area contributed by atoms with Gasteiger partial charge in [-0.25, -0.2) is 0 Å². The van der Waals surface area contributed by atoms with Crippen LogP contribution < -0.4 is 0 Å². The van der Waals surface area contributed by atoms with E-state index in [2.05, 4.69) is 0 Å². The van der Waals surface area contributed by atoms with Crippen molar-refractivity contribution in [3.05, 3.63) is 0 Å². The molecule has 5 heteroatoms. The predicted molar refractivity (Wildman–Crippen MR) is 41.3 cm³/mol. The number of hydrogen-bond donors (Lipinski definition) is 0. The van der Waals surface area contributed by atoms with Crippen LogP contribution in [0.15, 0.2) is 0 Å². The molecular weight excluding hydrogens is 179 g/mol. The molecule has 2 atom stereocenters. The van der Waals surface area contributed by atoms with Gasteiger partial charge in [-0.1, -0.05) is 0 Å². The zero-order valence-corrected chi connectivity index (χ0v) is 7.51. The Bertz CT molecular complexity index is 152. The van der Waals surface area contributed by atoms with E-state index in [1.54, 1.807) is 0 Å². The zero-order valence-electron chi connectivity index (χ0n) is 5.04. The lowest BCUT2D eigenvalue weighted by Gasteiger charge is -2.25. The first-order valence-electron chi connectivity index (χ1n) is 2.73. The van der Waals surface area contributed by atoms with Crippen LogP contribution in [-0.2, 0) is 20.9 Å². The Balaban J connectivity index is 2.51. The molecule has 0 radical (unpaired) electrons. The zero-order chi connectivity index (χ0) is 6.91. The van der Waals surface area contributed by atoms with Gasteiger partial charge in [-0.05, 0) is 36.4 Å². The van der Waals surface area contributed by atoms with E-state index in [1.165, 1.54) is 0 Å². The van der Waals surface area contributed by atoms with E-state index < -0.39 is 5.84 Å². The van der Waals surface area contributed by atoms with Crippen molar-refractivity contribution in [1.82, 2.24) is 0 Å². The number of rotatable bonds is 0. The molecule has 0 aliphatic carbocycles. The van der Waals surface area contributed by atoms with Crippen molar-refractivity contribution in [3.8, 4) is 0 Å². The van der Waals surface area contributed by atoms with E-state index >= 15 is 0 Å². The standard InChI is InChI=1S/C4H8ClO2PS/c1-4-2-3-6-8(5,9)7-4/h4H,2-3H2,1H3/t4-,8-/m0/s1. The van der Waals surface area contributed by atoms with Gasteiger partial charge in [0, 0.05) is 0 Å². The van der Waals surface area contributed by atoms with Gasteiger partial charge < -0.3 is 9.05 Å². The van der Waals surface area contributed by atoms with Gasteiger partial charge in [-0.15, -0.1) is 0 Å². The Morgan fingerprint density at radius 2 is 2.44 bits per heavy atom. The minimum Gasteiger partial charge on any atom is -0.318 e. The fraction of sp³-hybridized carbons (Fsp3) is 1.00. The first-order chi connectivity index (χ1) is 4.10. The molecule has 0 amide bonds. The van der Waals surface area contributed by atoms with Gasteiger partial charge in [0.15, 0.2) is 0 Å². The summed E-state index contributed by atoms with van der Waals surface area (Å²) in [5, 5.41) is 0. The lowest BCUT2D eigenvalue weighted by Crippen LogP contribution is -2.14. The van der Waals surface area contributed by atoms with Crippen LogP contribution in [-0.4, -0.2) is 12.7 Å². The fourth-order valence-corrected chi connectivity index (χ4v) is 2.82. The smallest absolute Gasteiger partial charge is 0.282 e. The molecule has 1 rings (SSSR count). The highest BCUT2D eigenvalue weighted by atomic mass is 35.7. The average Bonchev–Trinajstić information content (AvgIpc) is 1.60. The maximum atomic E-state index is 5.65. The summed E-state index contributed by atoms with van der Waals surface area (Å²) in [5.74, 6) is -2.34. The van der Waals surface area contributed by atoms with Gasteiger partial charge in [0.25, 0.3) is 5.84 Å². The molecule has 0 unspecified atom stereocenters.